The molecule has 0 spiro atoms. The molecule has 4 aromatic rings. The van der Waals surface area contributed by atoms with Crippen molar-refractivity contribution >= 4 is 16.7 Å². The third-order valence-electron chi connectivity index (χ3n) is 4.89. The summed E-state index contributed by atoms with van der Waals surface area (Å²) in [6.45, 7) is 0.577. The van der Waals surface area contributed by atoms with Crippen LogP contribution < -0.4 is 15.6 Å². The van der Waals surface area contributed by atoms with E-state index < -0.39 is 0 Å². The quantitative estimate of drug-likeness (QED) is 0.539. The van der Waals surface area contributed by atoms with Gasteiger partial charge in [-0.05, 0) is 17.7 Å². The van der Waals surface area contributed by atoms with E-state index in [4.69, 9.17) is 4.74 Å². The Morgan fingerprint density at radius 3 is 2.37 bits per heavy atom. The number of amides is 1. The summed E-state index contributed by atoms with van der Waals surface area (Å²) in [5.74, 6) is 0.351. The van der Waals surface area contributed by atoms with Crippen molar-refractivity contribution in [3.05, 3.63) is 106 Å². The van der Waals surface area contributed by atoms with Gasteiger partial charge in [-0.3, -0.25) is 9.59 Å². The van der Waals surface area contributed by atoms with E-state index in [9.17, 15) is 9.59 Å². The molecule has 0 radical (unpaired) electrons. The number of methoxy groups -OCH3 is 1. The molecule has 0 aliphatic rings. The zero-order chi connectivity index (χ0) is 20.9. The van der Waals surface area contributed by atoms with Crippen molar-refractivity contribution in [3.63, 3.8) is 0 Å². The molecule has 0 fully saturated rings. The molecule has 0 bridgehead atoms. The highest BCUT2D eigenvalue weighted by molar-refractivity contribution is 6.04. The Bertz CT molecular complexity index is 1250. The van der Waals surface area contributed by atoms with Crippen LogP contribution in [0.1, 0.15) is 21.6 Å². The van der Waals surface area contributed by atoms with Gasteiger partial charge in [-0.1, -0.05) is 66.7 Å². The van der Waals surface area contributed by atoms with Crippen LogP contribution in [0.4, 0.5) is 0 Å². The average Bonchev–Trinajstić information content (AvgIpc) is 2.80. The summed E-state index contributed by atoms with van der Waals surface area (Å²) in [6, 6.07) is 24.1. The van der Waals surface area contributed by atoms with Gasteiger partial charge in [-0.15, -0.1) is 0 Å². The lowest BCUT2D eigenvalue weighted by Crippen LogP contribution is -2.30. The topological polar surface area (TPSA) is 73.2 Å². The molecule has 0 saturated heterocycles. The Morgan fingerprint density at radius 2 is 1.60 bits per heavy atom. The molecule has 1 heterocycles. The van der Waals surface area contributed by atoms with Crippen LogP contribution in [0.2, 0.25) is 0 Å². The van der Waals surface area contributed by atoms with Gasteiger partial charge in [-0.2, -0.15) is 5.10 Å². The highest BCUT2D eigenvalue weighted by Crippen LogP contribution is 2.18. The lowest BCUT2D eigenvalue weighted by atomic mass is 10.1. The van der Waals surface area contributed by atoms with Crippen LogP contribution in [-0.4, -0.2) is 22.8 Å². The van der Waals surface area contributed by atoms with E-state index in [0.29, 0.717) is 16.5 Å². The van der Waals surface area contributed by atoms with Gasteiger partial charge in [0.1, 0.15) is 5.75 Å². The molecule has 1 aromatic heterocycles. The van der Waals surface area contributed by atoms with E-state index >= 15 is 0 Å². The van der Waals surface area contributed by atoms with Crippen LogP contribution in [0.25, 0.3) is 10.8 Å². The lowest BCUT2D eigenvalue weighted by Gasteiger charge is -2.12. The predicted octanol–water partition coefficient (Wildman–Crippen LogP) is 3.38. The van der Waals surface area contributed by atoms with Crippen LogP contribution in [0, 0.1) is 0 Å². The number of hydrogen-bond donors (Lipinski definition) is 1. The van der Waals surface area contributed by atoms with Crippen molar-refractivity contribution in [1.82, 2.24) is 15.1 Å². The minimum absolute atomic E-state index is 0.219. The molecule has 4 rings (SSSR count). The molecule has 1 N–H and O–H groups in total. The smallest absolute Gasteiger partial charge is 0.274 e. The number of hydrogen-bond acceptors (Lipinski definition) is 4. The molecule has 150 valence electrons. The van der Waals surface area contributed by atoms with Crippen molar-refractivity contribution in [3.8, 4) is 5.75 Å². The van der Waals surface area contributed by atoms with Gasteiger partial charge in [0, 0.05) is 17.5 Å². The highest BCUT2D eigenvalue weighted by Gasteiger charge is 2.17. The molecule has 0 atom stereocenters. The Kier molecular flexibility index (Phi) is 5.57. The molecule has 0 saturated carbocycles. The second-order valence-electron chi connectivity index (χ2n) is 6.84. The van der Waals surface area contributed by atoms with Gasteiger partial charge in [0.05, 0.1) is 19.0 Å². The van der Waals surface area contributed by atoms with E-state index in [2.05, 4.69) is 10.4 Å². The SMILES string of the molecule is COc1ccccc1CNC(=O)c1nn(Cc2ccccc2)c(=O)c2ccccc12. The normalized spacial score (nSPS) is 10.7. The molecule has 6 heteroatoms. The second kappa shape index (κ2) is 8.61. The average molecular weight is 399 g/mol. The Hall–Kier alpha value is -3.93. The summed E-state index contributed by atoms with van der Waals surface area (Å²) in [5.41, 5.74) is 1.78. The summed E-state index contributed by atoms with van der Waals surface area (Å²) in [7, 11) is 1.59. The minimum Gasteiger partial charge on any atom is -0.496 e. The van der Waals surface area contributed by atoms with Crippen molar-refractivity contribution in [2.24, 2.45) is 0 Å². The maximum atomic E-state index is 13.0. The Morgan fingerprint density at radius 1 is 0.933 bits per heavy atom. The zero-order valence-electron chi connectivity index (χ0n) is 16.5. The minimum atomic E-state index is -0.348. The van der Waals surface area contributed by atoms with Crippen LogP contribution >= 0.6 is 0 Å². The Balaban J connectivity index is 1.69. The third-order valence-corrected chi connectivity index (χ3v) is 4.89. The van der Waals surface area contributed by atoms with Crippen molar-refractivity contribution in [2.75, 3.05) is 7.11 Å². The molecule has 0 aliphatic carbocycles. The van der Waals surface area contributed by atoms with Crippen LogP contribution in [0.3, 0.4) is 0 Å². The van der Waals surface area contributed by atoms with E-state index in [-0.39, 0.29) is 30.2 Å². The van der Waals surface area contributed by atoms with Crippen LogP contribution in [-0.2, 0) is 13.1 Å². The molecule has 0 unspecified atom stereocenters. The number of fused-ring (bicyclic) bond motifs is 1. The van der Waals surface area contributed by atoms with Gasteiger partial charge in [0.15, 0.2) is 5.69 Å². The van der Waals surface area contributed by atoms with Gasteiger partial charge >= 0.3 is 0 Å². The fourth-order valence-corrected chi connectivity index (χ4v) is 3.37. The predicted molar refractivity (Wildman–Crippen MR) is 116 cm³/mol. The van der Waals surface area contributed by atoms with E-state index in [1.807, 2.05) is 54.6 Å². The van der Waals surface area contributed by atoms with E-state index in [1.54, 1.807) is 31.4 Å². The lowest BCUT2D eigenvalue weighted by molar-refractivity contribution is 0.0945. The van der Waals surface area contributed by atoms with Gasteiger partial charge in [0.25, 0.3) is 11.5 Å². The monoisotopic (exact) mass is 399 g/mol. The fraction of sp³-hybridized carbons (Fsp3) is 0.125. The number of carbonyl (C=O) groups excluding carboxylic acids is 1. The molecular formula is C24H21N3O3. The first-order chi connectivity index (χ1) is 14.7. The molecule has 30 heavy (non-hydrogen) atoms. The standard InChI is InChI=1S/C24H21N3O3/c1-30-21-14-8-5-11-18(21)15-25-23(28)22-19-12-6-7-13-20(19)24(29)27(26-22)16-17-9-3-2-4-10-17/h2-14H,15-16H2,1H3,(H,25,28). The van der Waals surface area contributed by atoms with Crippen molar-refractivity contribution in [2.45, 2.75) is 13.1 Å². The van der Waals surface area contributed by atoms with E-state index in [1.165, 1.54) is 4.68 Å². The summed E-state index contributed by atoms with van der Waals surface area (Å²) in [4.78, 5) is 25.9. The van der Waals surface area contributed by atoms with Gasteiger partial charge < -0.3 is 10.1 Å². The van der Waals surface area contributed by atoms with Crippen LogP contribution in [0.15, 0.2) is 83.7 Å². The number of aromatic nitrogens is 2. The summed E-state index contributed by atoms with van der Waals surface area (Å²) in [5, 5.41) is 8.30. The number of benzene rings is 3. The van der Waals surface area contributed by atoms with Gasteiger partial charge in [-0.25, -0.2) is 4.68 Å². The number of ether oxygens (including phenoxy) is 1. The summed E-state index contributed by atoms with van der Waals surface area (Å²) >= 11 is 0. The van der Waals surface area contributed by atoms with E-state index in [0.717, 1.165) is 11.1 Å². The maximum absolute atomic E-state index is 13.0. The molecule has 3 aromatic carbocycles. The summed E-state index contributed by atoms with van der Waals surface area (Å²) < 4.78 is 6.69. The largest absolute Gasteiger partial charge is 0.496 e. The van der Waals surface area contributed by atoms with Gasteiger partial charge in [0.2, 0.25) is 0 Å². The number of carbonyl (C=O) groups is 1. The molecular weight excluding hydrogens is 378 g/mol. The fourth-order valence-electron chi connectivity index (χ4n) is 3.37. The first-order valence-electron chi connectivity index (χ1n) is 9.61. The number of nitrogens with one attached hydrogen (secondary N) is 1. The second-order valence-corrected chi connectivity index (χ2v) is 6.84. The maximum Gasteiger partial charge on any atom is 0.274 e. The molecule has 1 amide bonds. The Labute approximate surface area is 173 Å². The first-order valence-corrected chi connectivity index (χ1v) is 9.61. The molecule has 0 aliphatic heterocycles. The van der Waals surface area contributed by atoms with Crippen molar-refractivity contribution < 1.29 is 9.53 Å². The number of nitrogens with zero attached hydrogens (tertiary/aromatic N) is 2. The number of para-hydroxylation sites is 1. The third kappa shape index (κ3) is 3.93. The van der Waals surface area contributed by atoms with Crippen molar-refractivity contribution in [1.29, 1.82) is 0 Å². The molecule has 6 nitrogen and oxygen atoms in total. The highest BCUT2D eigenvalue weighted by atomic mass is 16.5. The first kappa shape index (κ1) is 19.4. The number of rotatable bonds is 6. The zero-order valence-corrected chi connectivity index (χ0v) is 16.5. The van der Waals surface area contributed by atoms with Crippen LogP contribution in [0.5, 0.6) is 5.75 Å². The summed E-state index contributed by atoms with van der Waals surface area (Å²) in [6.07, 6.45) is 0.